The minimum Gasteiger partial charge on any atom is -0.502 e. The van der Waals surface area contributed by atoms with Crippen molar-refractivity contribution >= 4 is 11.7 Å². The highest BCUT2D eigenvalue weighted by atomic mass is 16.5. The summed E-state index contributed by atoms with van der Waals surface area (Å²) in [7, 11) is 7.32. The standard InChI is InChI=1S/C30H36N2O9/c1-36-20-8-6-19(7-9-20)32-14-12-31(13-15-32)18-21-16-24(33)27(35)28(41-21)23(17-26(34)38-3)22-10-11-25(37-2)30(40-5)29(22)39-4/h6-11,16,23,35H,12-15,17-18H2,1-5H3/t23-/m0/s1. The van der Waals surface area contributed by atoms with Gasteiger partial charge in [-0.2, -0.15) is 0 Å². The zero-order valence-electron chi connectivity index (χ0n) is 24.0. The Labute approximate surface area is 238 Å². The van der Waals surface area contributed by atoms with E-state index in [0.717, 1.165) is 37.6 Å². The van der Waals surface area contributed by atoms with Crippen LogP contribution in [-0.4, -0.2) is 77.7 Å². The Hall–Kier alpha value is -4.38. The van der Waals surface area contributed by atoms with Gasteiger partial charge in [0.15, 0.2) is 17.3 Å². The number of hydrogen-bond acceptors (Lipinski definition) is 11. The first-order valence-corrected chi connectivity index (χ1v) is 13.2. The number of carbonyl (C=O) groups excluding carboxylic acids is 1. The summed E-state index contributed by atoms with van der Waals surface area (Å²) >= 11 is 0. The molecule has 2 aromatic carbocycles. The van der Waals surface area contributed by atoms with E-state index >= 15 is 0 Å². The number of piperazine rings is 1. The maximum Gasteiger partial charge on any atom is 0.306 e. The highest BCUT2D eigenvalue weighted by Gasteiger charge is 2.31. The van der Waals surface area contributed by atoms with E-state index < -0.39 is 23.1 Å². The first-order chi connectivity index (χ1) is 19.8. The molecule has 4 rings (SSSR count). The zero-order valence-corrected chi connectivity index (χ0v) is 24.0. The van der Waals surface area contributed by atoms with Crippen LogP contribution in [0, 0.1) is 0 Å². The summed E-state index contributed by atoms with van der Waals surface area (Å²) in [6, 6.07) is 12.6. The number of rotatable bonds is 11. The van der Waals surface area contributed by atoms with E-state index in [1.807, 2.05) is 24.3 Å². The smallest absolute Gasteiger partial charge is 0.306 e. The van der Waals surface area contributed by atoms with Crippen molar-refractivity contribution in [2.24, 2.45) is 0 Å². The Bertz CT molecular complexity index is 1400. The first-order valence-electron chi connectivity index (χ1n) is 13.2. The molecule has 0 unspecified atom stereocenters. The molecule has 1 N–H and O–H groups in total. The molecule has 1 saturated heterocycles. The molecular formula is C30H36N2O9. The molecule has 11 heteroatoms. The minimum atomic E-state index is -0.906. The Kier molecular flexibility index (Phi) is 9.61. The number of esters is 1. The number of aromatic hydroxyl groups is 1. The average Bonchev–Trinajstić information content (AvgIpc) is 3.01. The zero-order chi connectivity index (χ0) is 29.5. The Morgan fingerprint density at radius 2 is 1.59 bits per heavy atom. The SMILES string of the molecule is COC(=O)C[C@@H](c1ccc(OC)c(OC)c1OC)c1oc(CN2CCN(c3ccc(OC)cc3)CC2)cc(=O)c1O. The largest absolute Gasteiger partial charge is 0.502 e. The summed E-state index contributed by atoms with van der Waals surface area (Å²) in [4.78, 5) is 29.9. The second kappa shape index (κ2) is 13.3. The van der Waals surface area contributed by atoms with Crippen LogP contribution < -0.4 is 29.3 Å². The van der Waals surface area contributed by atoms with Gasteiger partial charge in [-0.1, -0.05) is 6.07 Å². The molecule has 3 aromatic rings. The van der Waals surface area contributed by atoms with Gasteiger partial charge in [0.25, 0.3) is 0 Å². The van der Waals surface area contributed by atoms with Crippen molar-refractivity contribution in [2.45, 2.75) is 18.9 Å². The van der Waals surface area contributed by atoms with Gasteiger partial charge >= 0.3 is 5.97 Å². The third-order valence-corrected chi connectivity index (χ3v) is 7.21. The Morgan fingerprint density at radius 3 is 2.17 bits per heavy atom. The van der Waals surface area contributed by atoms with E-state index in [0.29, 0.717) is 29.4 Å². The van der Waals surface area contributed by atoms with E-state index in [-0.39, 0.29) is 17.9 Å². The van der Waals surface area contributed by atoms with Crippen LogP contribution in [0.3, 0.4) is 0 Å². The molecule has 1 atom stereocenters. The number of benzene rings is 2. The van der Waals surface area contributed by atoms with Gasteiger partial charge in [-0.25, -0.2) is 0 Å². The fourth-order valence-corrected chi connectivity index (χ4v) is 5.04. The van der Waals surface area contributed by atoms with Crippen LogP contribution in [0.25, 0.3) is 0 Å². The number of nitrogens with zero attached hydrogens (tertiary/aromatic N) is 2. The summed E-state index contributed by atoms with van der Waals surface area (Å²) in [5.41, 5.74) is 0.963. The number of hydrogen-bond donors (Lipinski definition) is 1. The van der Waals surface area contributed by atoms with Crippen molar-refractivity contribution in [3.8, 4) is 28.7 Å². The van der Waals surface area contributed by atoms with Gasteiger partial charge in [0, 0.05) is 43.5 Å². The lowest BCUT2D eigenvalue weighted by Gasteiger charge is -2.36. The topological polar surface area (TPSA) is 120 Å². The normalized spacial score (nSPS) is 14.3. The first kappa shape index (κ1) is 29.6. The fourth-order valence-electron chi connectivity index (χ4n) is 5.04. The molecule has 0 bridgehead atoms. The molecule has 1 aliphatic heterocycles. The molecule has 41 heavy (non-hydrogen) atoms. The van der Waals surface area contributed by atoms with Gasteiger partial charge < -0.3 is 38.1 Å². The van der Waals surface area contributed by atoms with Gasteiger partial charge in [0.1, 0.15) is 11.5 Å². The predicted molar refractivity (Wildman–Crippen MR) is 152 cm³/mol. The molecule has 1 aromatic heterocycles. The summed E-state index contributed by atoms with van der Waals surface area (Å²) in [6.07, 6.45) is -0.219. The van der Waals surface area contributed by atoms with Crippen LogP contribution in [0.2, 0.25) is 0 Å². The molecule has 1 fully saturated rings. The maximum absolute atomic E-state index is 12.9. The fraction of sp³-hybridized carbons (Fsp3) is 0.400. The van der Waals surface area contributed by atoms with E-state index in [1.54, 1.807) is 19.2 Å². The monoisotopic (exact) mass is 568 g/mol. The molecule has 0 radical (unpaired) electrons. The summed E-state index contributed by atoms with van der Waals surface area (Å²) in [5, 5.41) is 10.8. The van der Waals surface area contributed by atoms with Crippen molar-refractivity contribution in [2.75, 3.05) is 66.6 Å². The van der Waals surface area contributed by atoms with Crippen LogP contribution in [-0.2, 0) is 16.1 Å². The Balaban J connectivity index is 1.62. The van der Waals surface area contributed by atoms with Crippen LogP contribution in [0.15, 0.2) is 51.7 Å². The lowest BCUT2D eigenvalue weighted by atomic mass is 9.90. The summed E-state index contributed by atoms with van der Waals surface area (Å²) in [5.74, 6) is 0.0719. The van der Waals surface area contributed by atoms with Gasteiger partial charge in [-0.05, 0) is 30.3 Å². The van der Waals surface area contributed by atoms with E-state index in [1.165, 1.54) is 34.5 Å². The number of carbonyl (C=O) groups is 1. The van der Waals surface area contributed by atoms with Crippen LogP contribution in [0.5, 0.6) is 28.7 Å². The van der Waals surface area contributed by atoms with Crippen molar-refractivity contribution < 1.29 is 38.0 Å². The third kappa shape index (κ3) is 6.51. The predicted octanol–water partition coefficient (Wildman–Crippen LogP) is 3.40. The molecule has 220 valence electrons. The van der Waals surface area contributed by atoms with Crippen LogP contribution >= 0.6 is 0 Å². The maximum atomic E-state index is 12.9. The van der Waals surface area contributed by atoms with Crippen molar-refractivity contribution in [3.63, 3.8) is 0 Å². The van der Waals surface area contributed by atoms with E-state index in [4.69, 9.17) is 28.1 Å². The average molecular weight is 569 g/mol. The van der Waals surface area contributed by atoms with Crippen molar-refractivity contribution in [1.82, 2.24) is 4.90 Å². The Morgan fingerprint density at radius 1 is 0.902 bits per heavy atom. The molecule has 0 aliphatic carbocycles. The minimum absolute atomic E-state index is 0.0553. The highest BCUT2D eigenvalue weighted by Crippen LogP contribution is 2.46. The summed E-state index contributed by atoms with van der Waals surface area (Å²) < 4.78 is 32.9. The van der Waals surface area contributed by atoms with Gasteiger partial charge in [-0.3, -0.25) is 14.5 Å². The molecule has 0 spiro atoms. The molecule has 2 heterocycles. The molecular weight excluding hydrogens is 532 g/mol. The van der Waals surface area contributed by atoms with E-state index in [9.17, 15) is 14.7 Å². The van der Waals surface area contributed by atoms with Gasteiger partial charge in [0.2, 0.25) is 16.9 Å². The van der Waals surface area contributed by atoms with Crippen molar-refractivity contribution in [1.29, 1.82) is 0 Å². The molecule has 11 nitrogen and oxygen atoms in total. The number of methoxy groups -OCH3 is 5. The van der Waals surface area contributed by atoms with Gasteiger partial charge in [0.05, 0.1) is 54.4 Å². The van der Waals surface area contributed by atoms with E-state index in [2.05, 4.69) is 9.80 Å². The second-order valence-electron chi connectivity index (χ2n) is 9.51. The van der Waals surface area contributed by atoms with Gasteiger partial charge in [-0.15, -0.1) is 0 Å². The molecule has 0 saturated carbocycles. The quantitative estimate of drug-likeness (QED) is 0.343. The van der Waals surface area contributed by atoms with Crippen LogP contribution in [0.1, 0.15) is 29.4 Å². The van der Waals surface area contributed by atoms with Crippen molar-refractivity contribution in [3.05, 3.63) is 69.8 Å². The lowest BCUT2D eigenvalue weighted by molar-refractivity contribution is -0.140. The summed E-state index contributed by atoms with van der Waals surface area (Å²) in [6.45, 7) is 3.40. The number of ether oxygens (including phenoxy) is 5. The molecule has 1 aliphatic rings. The second-order valence-corrected chi connectivity index (χ2v) is 9.51. The molecule has 0 amide bonds. The highest BCUT2D eigenvalue weighted by molar-refractivity contribution is 5.72. The third-order valence-electron chi connectivity index (χ3n) is 7.21. The van der Waals surface area contributed by atoms with Crippen LogP contribution in [0.4, 0.5) is 5.69 Å². The number of anilines is 1. The lowest BCUT2D eigenvalue weighted by Crippen LogP contribution is -2.46.